The highest BCUT2D eigenvalue weighted by Crippen LogP contribution is 2.31. The number of nitrogens with one attached hydrogen (secondary N) is 1. The lowest BCUT2D eigenvalue weighted by molar-refractivity contribution is -0.138. The van der Waals surface area contributed by atoms with Gasteiger partial charge < -0.3 is 10.1 Å². The molecule has 1 atom stereocenters. The summed E-state index contributed by atoms with van der Waals surface area (Å²) in [4.78, 5) is 26.8. The van der Waals surface area contributed by atoms with Crippen LogP contribution in [0.3, 0.4) is 0 Å². The molecule has 1 heterocycles. The molecule has 5 nitrogen and oxygen atoms in total. The van der Waals surface area contributed by atoms with Crippen molar-refractivity contribution in [1.82, 2.24) is 5.32 Å². The number of hydrogen-bond acceptors (Lipinski definition) is 3. The summed E-state index contributed by atoms with van der Waals surface area (Å²) in [5.74, 6) is 0.478. The van der Waals surface area contributed by atoms with Crippen LogP contribution in [0.2, 0.25) is 0 Å². The highest BCUT2D eigenvalue weighted by molar-refractivity contribution is 6.10. The van der Waals surface area contributed by atoms with Crippen LogP contribution in [-0.2, 0) is 9.59 Å². The zero-order chi connectivity index (χ0) is 15.6. The van der Waals surface area contributed by atoms with Gasteiger partial charge >= 0.3 is 0 Å². The van der Waals surface area contributed by atoms with E-state index in [4.69, 9.17) is 4.74 Å². The van der Waals surface area contributed by atoms with E-state index < -0.39 is 11.6 Å². The lowest BCUT2D eigenvalue weighted by atomic mass is 9.87. The molecule has 1 aliphatic heterocycles. The first kappa shape index (κ1) is 15.4. The van der Waals surface area contributed by atoms with Gasteiger partial charge in [-0.25, -0.2) is 0 Å². The maximum absolute atomic E-state index is 12.9. The molecule has 1 fully saturated rings. The topological polar surface area (TPSA) is 58.6 Å². The first-order valence-corrected chi connectivity index (χ1v) is 7.28. The third-order valence-corrected chi connectivity index (χ3v) is 4.30. The summed E-state index contributed by atoms with van der Waals surface area (Å²) in [6, 6.07) is 6.71. The zero-order valence-corrected chi connectivity index (χ0v) is 13.0. The maximum Gasteiger partial charge on any atom is 0.253 e. The first-order valence-electron chi connectivity index (χ1n) is 7.28. The lowest BCUT2D eigenvalue weighted by Crippen LogP contribution is -2.69. The molecule has 21 heavy (non-hydrogen) atoms. The average molecular weight is 290 g/mol. The van der Waals surface area contributed by atoms with Gasteiger partial charge in [-0.1, -0.05) is 19.9 Å². The van der Waals surface area contributed by atoms with Gasteiger partial charge in [-0.3, -0.25) is 14.5 Å². The van der Waals surface area contributed by atoms with Crippen molar-refractivity contribution in [2.75, 3.05) is 12.0 Å². The molecule has 1 unspecified atom stereocenters. The van der Waals surface area contributed by atoms with Crippen molar-refractivity contribution in [3.8, 4) is 5.75 Å². The molecule has 114 valence electrons. The summed E-state index contributed by atoms with van der Waals surface area (Å²) in [6.45, 7) is 5.57. The Morgan fingerprint density at radius 2 is 1.95 bits per heavy atom. The molecule has 5 heteroatoms. The summed E-state index contributed by atoms with van der Waals surface area (Å²) in [6.07, 6.45) is 1.14. The maximum atomic E-state index is 12.9. The number of anilines is 1. The van der Waals surface area contributed by atoms with E-state index in [2.05, 4.69) is 5.32 Å². The second kappa shape index (κ2) is 5.76. The van der Waals surface area contributed by atoms with Gasteiger partial charge in [0.1, 0.15) is 17.3 Å². The Bertz CT molecular complexity index is 552. The number of carbonyl (C=O) groups excluding carboxylic acids is 2. The van der Waals surface area contributed by atoms with Gasteiger partial charge in [-0.05, 0) is 31.9 Å². The Balaban J connectivity index is 2.48. The molecule has 0 radical (unpaired) electrons. The van der Waals surface area contributed by atoms with E-state index >= 15 is 0 Å². The van der Waals surface area contributed by atoms with Crippen LogP contribution >= 0.6 is 0 Å². The highest BCUT2D eigenvalue weighted by Gasteiger charge is 2.47. The molecule has 1 aliphatic rings. The van der Waals surface area contributed by atoms with Crippen LogP contribution in [0.15, 0.2) is 24.3 Å². The SMILES string of the molecule is CCC1(CC)NC(=O)C(C)N(c2cccc(OC)c2)C1=O. The Kier molecular flexibility index (Phi) is 4.21. The van der Waals surface area contributed by atoms with Crippen LogP contribution in [0.5, 0.6) is 5.75 Å². The number of carbonyl (C=O) groups is 2. The van der Waals surface area contributed by atoms with Crippen LogP contribution in [0, 0.1) is 0 Å². The number of ether oxygens (including phenoxy) is 1. The third-order valence-electron chi connectivity index (χ3n) is 4.30. The molecule has 1 N–H and O–H groups in total. The molecule has 1 aromatic rings. The van der Waals surface area contributed by atoms with Gasteiger partial charge in [0, 0.05) is 11.8 Å². The molecule has 0 spiro atoms. The average Bonchev–Trinajstić information content (AvgIpc) is 2.51. The number of nitrogens with zero attached hydrogens (tertiary/aromatic N) is 1. The minimum Gasteiger partial charge on any atom is -0.497 e. The quantitative estimate of drug-likeness (QED) is 0.924. The standard InChI is InChI=1S/C16H22N2O3/c1-5-16(6-2)15(20)18(11(3)14(19)17-16)12-8-7-9-13(10-12)21-4/h7-11H,5-6H2,1-4H3,(H,17,19). The Morgan fingerprint density at radius 3 is 2.52 bits per heavy atom. The highest BCUT2D eigenvalue weighted by atomic mass is 16.5. The first-order chi connectivity index (χ1) is 9.99. The minimum atomic E-state index is -0.813. The van der Waals surface area contributed by atoms with Crippen molar-refractivity contribution in [1.29, 1.82) is 0 Å². The Hall–Kier alpha value is -2.04. The summed E-state index contributed by atoms with van der Waals surface area (Å²) >= 11 is 0. The van der Waals surface area contributed by atoms with Crippen LogP contribution in [0.4, 0.5) is 5.69 Å². The van der Waals surface area contributed by atoms with Crippen molar-refractivity contribution in [3.63, 3.8) is 0 Å². The molecule has 2 amide bonds. The summed E-state index contributed by atoms with van der Waals surface area (Å²) in [5, 5.41) is 2.90. The molecule has 0 bridgehead atoms. The predicted molar refractivity (Wildman–Crippen MR) is 81.4 cm³/mol. The van der Waals surface area contributed by atoms with Crippen LogP contribution < -0.4 is 15.0 Å². The molecular weight excluding hydrogens is 268 g/mol. The largest absolute Gasteiger partial charge is 0.497 e. The van der Waals surface area contributed by atoms with E-state index in [0.717, 1.165) is 0 Å². The van der Waals surface area contributed by atoms with Gasteiger partial charge in [-0.2, -0.15) is 0 Å². The normalized spacial score (nSPS) is 21.1. The van der Waals surface area contributed by atoms with Crippen LogP contribution in [-0.4, -0.2) is 30.5 Å². The summed E-state index contributed by atoms with van der Waals surface area (Å²) < 4.78 is 5.21. The predicted octanol–water partition coefficient (Wildman–Crippen LogP) is 2.11. The van der Waals surface area contributed by atoms with Crippen molar-refractivity contribution in [2.45, 2.75) is 45.2 Å². The van der Waals surface area contributed by atoms with Gasteiger partial charge in [-0.15, -0.1) is 0 Å². The summed E-state index contributed by atoms with van der Waals surface area (Å²) in [7, 11) is 1.58. The fourth-order valence-electron chi connectivity index (χ4n) is 2.75. The summed E-state index contributed by atoms with van der Waals surface area (Å²) in [5.41, 5.74) is -0.125. The number of benzene rings is 1. The third kappa shape index (κ3) is 2.48. The van der Waals surface area contributed by atoms with E-state index in [-0.39, 0.29) is 11.8 Å². The second-order valence-electron chi connectivity index (χ2n) is 5.33. The van der Waals surface area contributed by atoms with Gasteiger partial charge in [0.2, 0.25) is 5.91 Å². The van der Waals surface area contributed by atoms with Crippen molar-refractivity contribution < 1.29 is 14.3 Å². The van der Waals surface area contributed by atoms with Crippen molar-refractivity contribution in [3.05, 3.63) is 24.3 Å². The molecule has 2 rings (SSSR count). The number of hydrogen-bond donors (Lipinski definition) is 1. The van der Waals surface area contributed by atoms with E-state index in [0.29, 0.717) is 24.3 Å². The Morgan fingerprint density at radius 1 is 1.29 bits per heavy atom. The fraction of sp³-hybridized carbons (Fsp3) is 0.500. The number of rotatable bonds is 4. The number of methoxy groups -OCH3 is 1. The lowest BCUT2D eigenvalue weighted by Gasteiger charge is -2.44. The molecule has 1 aromatic carbocycles. The molecule has 0 saturated carbocycles. The molecule has 0 aromatic heterocycles. The molecule has 0 aliphatic carbocycles. The van der Waals surface area contributed by atoms with Crippen molar-refractivity contribution in [2.24, 2.45) is 0 Å². The monoisotopic (exact) mass is 290 g/mol. The van der Waals surface area contributed by atoms with Gasteiger partial charge in [0.15, 0.2) is 0 Å². The fourth-order valence-corrected chi connectivity index (χ4v) is 2.75. The van der Waals surface area contributed by atoms with E-state index in [1.807, 2.05) is 32.0 Å². The number of amides is 2. The van der Waals surface area contributed by atoms with Crippen LogP contribution in [0.1, 0.15) is 33.6 Å². The van der Waals surface area contributed by atoms with Crippen molar-refractivity contribution >= 4 is 17.5 Å². The smallest absolute Gasteiger partial charge is 0.253 e. The van der Waals surface area contributed by atoms with E-state index in [1.54, 1.807) is 25.0 Å². The Labute approximate surface area is 125 Å². The zero-order valence-electron chi connectivity index (χ0n) is 13.0. The minimum absolute atomic E-state index is 0.0622. The van der Waals surface area contributed by atoms with Gasteiger partial charge in [0.25, 0.3) is 5.91 Å². The van der Waals surface area contributed by atoms with E-state index in [1.165, 1.54) is 0 Å². The van der Waals surface area contributed by atoms with Crippen LogP contribution in [0.25, 0.3) is 0 Å². The van der Waals surface area contributed by atoms with E-state index in [9.17, 15) is 9.59 Å². The number of piperazine rings is 1. The second-order valence-corrected chi connectivity index (χ2v) is 5.33. The molecule has 1 saturated heterocycles. The molecular formula is C16H22N2O3. The van der Waals surface area contributed by atoms with Gasteiger partial charge in [0.05, 0.1) is 7.11 Å².